The molecule has 0 heterocycles. The molecule has 0 aromatic heterocycles. The fourth-order valence-electron chi connectivity index (χ4n) is 2.49. The Morgan fingerprint density at radius 2 is 0.778 bits per heavy atom. The molecule has 0 rings (SSSR count). The second kappa shape index (κ2) is 20.3. The van der Waals surface area contributed by atoms with Gasteiger partial charge in [-0.2, -0.15) is 0 Å². The van der Waals surface area contributed by atoms with E-state index in [9.17, 15) is 0 Å². The highest BCUT2D eigenvalue weighted by Crippen LogP contribution is 1.89. The SMILES string of the molecule is C.CN(CN)CN(C)CN(C)CN.CNCN(C)CN(C)CN(C)CNC. The summed E-state index contributed by atoms with van der Waals surface area (Å²) < 4.78 is 0. The molecule has 0 saturated heterocycles. The van der Waals surface area contributed by atoms with E-state index in [0.29, 0.717) is 13.3 Å². The average Bonchev–Trinajstić information content (AvgIpc) is 2.55. The molecule has 0 aliphatic carbocycles. The van der Waals surface area contributed by atoms with Crippen LogP contribution in [-0.4, -0.2) is 139 Å². The van der Waals surface area contributed by atoms with E-state index in [1.807, 2.05) is 45.0 Å². The smallest absolute Gasteiger partial charge is 0.0523 e. The molecule has 0 saturated carbocycles. The Bertz CT molecular complexity index is 269. The van der Waals surface area contributed by atoms with Gasteiger partial charge in [-0.25, -0.2) is 0 Å². The summed E-state index contributed by atoms with van der Waals surface area (Å²) in [7, 11) is 16.3. The van der Waals surface area contributed by atoms with Crippen molar-refractivity contribution in [3.8, 4) is 0 Å². The minimum absolute atomic E-state index is 0. The van der Waals surface area contributed by atoms with Gasteiger partial charge in [0.1, 0.15) is 0 Å². The summed E-state index contributed by atoms with van der Waals surface area (Å²) in [5, 5.41) is 6.25. The second-order valence-corrected chi connectivity index (χ2v) is 7.09. The lowest BCUT2D eigenvalue weighted by molar-refractivity contribution is 0.112. The first-order chi connectivity index (χ1) is 12.2. The number of nitrogens with one attached hydrogen (secondary N) is 2. The molecule has 0 amide bonds. The molecular formula is C17H50N10. The van der Waals surface area contributed by atoms with E-state index in [-0.39, 0.29) is 7.43 Å². The molecule has 0 fully saturated rings. The van der Waals surface area contributed by atoms with E-state index in [1.165, 1.54) is 0 Å². The van der Waals surface area contributed by atoms with Crippen LogP contribution < -0.4 is 22.1 Å². The summed E-state index contributed by atoms with van der Waals surface area (Å²) in [6, 6.07) is 0. The molecular weight excluding hydrogens is 344 g/mol. The van der Waals surface area contributed by atoms with Crippen LogP contribution in [0.15, 0.2) is 0 Å². The van der Waals surface area contributed by atoms with Crippen LogP contribution in [0.2, 0.25) is 0 Å². The molecule has 0 spiro atoms. The lowest BCUT2D eigenvalue weighted by atomic mass is 10.6. The minimum atomic E-state index is 0. The van der Waals surface area contributed by atoms with Crippen molar-refractivity contribution in [3.05, 3.63) is 0 Å². The summed E-state index contributed by atoms with van der Waals surface area (Å²) in [6.45, 7) is 6.65. The van der Waals surface area contributed by atoms with Gasteiger partial charge in [0.25, 0.3) is 0 Å². The van der Waals surface area contributed by atoms with Crippen molar-refractivity contribution in [2.24, 2.45) is 11.5 Å². The maximum Gasteiger partial charge on any atom is 0.0523 e. The zero-order chi connectivity index (χ0) is 20.5. The first kappa shape index (κ1) is 31.3. The molecule has 10 nitrogen and oxygen atoms in total. The molecule has 0 bridgehead atoms. The third-order valence-corrected chi connectivity index (χ3v) is 3.41. The summed E-state index contributed by atoms with van der Waals surface area (Å²) in [5.74, 6) is 0. The van der Waals surface area contributed by atoms with E-state index in [2.05, 4.69) is 51.4 Å². The number of nitrogens with zero attached hydrogens (tertiary/aromatic N) is 6. The Balaban J connectivity index is -0.000000416. The van der Waals surface area contributed by atoms with Crippen molar-refractivity contribution in [2.45, 2.75) is 7.43 Å². The summed E-state index contributed by atoms with van der Waals surface area (Å²) in [5.41, 5.74) is 10.9. The molecule has 0 unspecified atom stereocenters. The van der Waals surface area contributed by atoms with Gasteiger partial charge >= 0.3 is 0 Å². The Kier molecular flexibility index (Phi) is 23.6. The summed E-state index contributed by atoms with van der Waals surface area (Å²) in [6.07, 6.45) is 0. The summed E-state index contributed by atoms with van der Waals surface area (Å²) >= 11 is 0. The molecule has 0 aliphatic rings. The Hall–Kier alpha value is -0.400. The predicted octanol–water partition coefficient (Wildman–Crippen LogP) is -1.78. The Labute approximate surface area is 169 Å². The Morgan fingerprint density at radius 3 is 1.00 bits per heavy atom. The van der Waals surface area contributed by atoms with Gasteiger partial charge in [-0.05, 0) is 56.4 Å². The van der Waals surface area contributed by atoms with Gasteiger partial charge in [0.05, 0.1) is 26.7 Å². The number of nitrogens with two attached hydrogens (primary N) is 2. The molecule has 0 atom stereocenters. The van der Waals surface area contributed by atoms with E-state index in [0.717, 1.165) is 40.0 Å². The van der Waals surface area contributed by atoms with Gasteiger partial charge in [0.2, 0.25) is 0 Å². The van der Waals surface area contributed by atoms with Crippen LogP contribution in [0.4, 0.5) is 0 Å². The number of hydrogen-bond donors (Lipinski definition) is 4. The van der Waals surface area contributed by atoms with Crippen molar-refractivity contribution < 1.29 is 0 Å². The average molecular weight is 395 g/mol. The molecule has 0 aromatic rings. The first-order valence-electron chi connectivity index (χ1n) is 9.00. The van der Waals surface area contributed by atoms with Gasteiger partial charge in [-0.3, -0.25) is 29.4 Å². The molecule has 27 heavy (non-hydrogen) atoms. The van der Waals surface area contributed by atoms with Crippen LogP contribution in [0.3, 0.4) is 0 Å². The van der Waals surface area contributed by atoms with E-state index < -0.39 is 0 Å². The first-order valence-corrected chi connectivity index (χ1v) is 9.00. The van der Waals surface area contributed by atoms with Crippen molar-refractivity contribution in [1.82, 2.24) is 40.0 Å². The van der Waals surface area contributed by atoms with Crippen LogP contribution >= 0.6 is 0 Å². The van der Waals surface area contributed by atoms with E-state index in [1.54, 1.807) is 0 Å². The molecule has 168 valence electrons. The van der Waals surface area contributed by atoms with Crippen molar-refractivity contribution in [3.63, 3.8) is 0 Å². The largest absolute Gasteiger partial charge is 0.318 e. The Morgan fingerprint density at radius 1 is 0.519 bits per heavy atom. The van der Waals surface area contributed by atoms with Gasteiger partial charge in [0.15, 0.2) is 0 Å². The molecule has 0 aliphatic heterocycles. The fourth-order valence-corrected chi connectivity index (χ4v) is 2.49. The fraction of sp³-hybridized carbons (Fsp3) is 1.00. The van der Waals surface area contributed by atoms with Gasteiger partial charge < -0.3 is 22.1 Å². The van der Waals surface area contributed by atoms with Crippen LogP contribution in [-0.2, 0) is 0 Å². The van der Waals surface area contributed by atoms with Crippen LogP contribution in [0, 0.1) is 0 Å². The number of rotatable bonds is 14. The molecule has 6 N–H and O–H groups in total. The lowest BCUT2D eigenvalue weighted by Gasteiger charge is -2.28. The van der Waals surface area contributed by atoms with Crippen molar-refractivity contribution in [2.75, 3.05) is 110 Å². The maximum absolute atomic E-state index is 5.44. The predicted molar refractivity (Wildman–Crippen MR) is 119 cm³/mol. The van der Waals surface area contributed by atoms with Crippen LogP contribution in [0.25, 0.3) is 0 Å². The minimum Gasteiger partial charge on any atom is -0.318 e. The highest BCUT2D eigenvalue weighted by molar-refractivity contribution is 4.52. The zero-order valence-electron chi connectivity index (χ0n) is 18.5. The number of hydrogen-bond acceptors (Lipinski definition) is 10. The van der Waals surface area contributed by atoms with Gasteiger partial charge in [-0.15, -0.1) is 0 Å². The lowest BCUT2D eigenvalue weighted by Crippen LogP contribution is -2.43. The zero-order valence-corrected chi connectivity index (χ0v) is 18.5. The maximum atomic E-state index is 5.44. The quantitative estimate of drug-likeness (QED) is 0.253. The topological polar surface area (TPSA) is 95.5 Å². The van der Waals surface area contributed by atoms with Gasteiger partial charge in [-0.1, -0.05) is 7.43 Å². The molecule has 10 heteroatoms. The standard InChI is InChI=1S/C9H25N5.C7H21N5.CH4/c1-10-6-12(3)8-14(5)9-13(4)7-11-2;1-10(4-8)6-12(3)7-11(2)5-9;/h10-11H,6-9H2,1-5H3;4-9H2,1-3H3;1H4. The normalized spacial score (nSPS) is 11.6. The molecule has 0 aromatic carbocycles. The summed E-state index contributed by atoms with van der Waals surface area (Å²) in [4.78, 5) is 12.9. The highest BCUT2D eigenvalue weighted by Gasteiger charge is 2.05. The van der Waals surface area contributed by atoms with Gasteiger partial charge in [0, 0.05) is 26.7 Å². The monoisotopic (exact) mass is 394 g/mol. The van der Waals surface area contributed by atoms with Crippen LogP contribution in [0.5, 0.6) is 0 Å². The third-order valence-electron chi connectivity index (χ3n) is 3.41. The van der Waals surface area contributed by atoms with Crippen LogP contribution in [0.1, 0.15) is 7.43 Å². The third kappa shape index (κ3) is 21.8. The van der Waals surface area contributed by atoms with Crippen molar-refractivity contribution in [1.29, 1.82) is 0 Å². The van der Waals surface area contributed by atoms with E-state index in [4.69, 9.17) is 11.5 Å². The highest BCUT2D eigenvalue weighted by atomic mass is 15.4. The van der Waals surface area contributed by atoms with Crippen molar-refractivity contribution >= 4 is 0 Å². The molecule has 0 radical (unpaired) electrons. The second-order valence-electron chi connectivity index (χ2n) is 7.09. The van der Waals surface area contributed by atoms with E-state index >= 15 is 0 Å².